The highest BCUT2D eigenvalue weighted by molar-refractivity contribution is 5.77. The van der Waals surface area contributed by atoms with Gasteiger partial charge in [0.1, 0.15) is 17.4 Å². The number of rotatable bonds is 4. The van der Waals surface area contributed by atoms with E-state index in [4.69, 9.17) is 4.74 Å². The number of nitrogens with one attached hydrogen (secondary N) is 1. The molecular formula is C16H23NO3. The third-order valence-corrected chi connectivity index (χ3v) is 3.21. The number of benzene rings is 1. The minimum Gasteiger partial charge on any atom is -0.444 e. The normalized spacial score (nSPS) is 15.8. The van der Waals surface area contributed by atoms with Crippen molar-refractivity contribution in [2.45, 2.75) is 51.7 Å². The second-order valence-corrected chi connectivity index (χ2v) is 6.16. The molecule has 0 heterocycles. The molecule has 4 nitrogen and oxygen atoms in total. The molecule has 1 amide bonds. The minimum absolute atomic E-state index is 0.159. The van der Waals surface area contributed by atoms with Crippen LogP contribution in [0.2, 0.25) is 0 Å². The van der Waals surface area contributed by atoms with Crippen molar-refractivity contribution >= 4 is 12.4 Å². The molecule has 20 heavy (non-hydrogen) atoms. The summed E-state index contributed by atoms with van der Waals surface area (Å²) in [5.41, 5.74) is -0.619. The fraction of sp³-hybridized carbons (Fsp3) is 0.500. The summed E-state index contributed by atoms with van der Waals surface area (Å²) in [4.78, 5) is 23.3. The first-order valence-electron chi connectivity index (χ1n) is 6.70. The van der Waals surface area contributed by atoms with E-state index in [9.17, 15) is 9.59 Å². The molecular weight excluding hydrogens is 254 g/mol. The summed E-state index contributed by atoms with van der Waals surface area (Å²) in [6, 6.07) is 9.59. The Kier molecular flexibility index (Phi) is 4.93. The molecule has 1 aromatic rings. The molecule has 110 valence electrons. The van der Waals surface area contributed by atoms with E-state index in [1.807, 2.05) is 37.3 Å². The average Bonchev–Trinajstić information content (AvgIpc) is 2.36. The van der Waals surface area contributed by atoms with Crippen LogP contribution in [0.4, 0.5) is 4.79 Å². The van der Waals surface area contributed by atoms with Gasteiger partial charge in [-0.15, -0.1) is 0 Å². The summed E-state index contributed by atoms with van der Waals surface area (Å²) in [6.07, 6.45) is 0.170. The third-order valence-electron chi connectivity index (χ3n) is 3.21. The fourth-order valence-electron chi connectivity index (χ4n) is 1.85. The van der Waals surface area contributed by atoms with Gasteiger partial charge in [0, 0.05) is 5.92 Å². The van der Waals surface area contributed by atoms with Gasteiger partial charge in [-0.1, -0.05) is 37.3 Å². The van der Waals surface area contributed by atoms with Gasteiger partial charge in [0.05, 0.1) is 0 Å². The smallest absolute Gasteiger partial charge is 0.408 e. The molecule has 0 aromatic heterocycles. The molecule has 0 fully saturated rings. The number of hydrogen-bond acceptors (Lipinski definition) is 3. The van der Waals surface area contributed by atoms with Crippen molar-refractivity contribution in [3.8, 4) is 0 Å². The maximum absolute atomic E-state index is 11.9. The van der Waals surface area contributed by atoms with E-state index in [1.165, 1.54) is 0 Å². The van der Waals surface area contributed by atoms with Crippen molar-refractivity contribution in [2.75, 3.05) is 0 Å². The molecule has 2 unspecified atom stereocenters. The monoisotopic (exact) mass is 277 g/mol. The van der Waals surface area contributed by atoms with Gasteiger partial charge in [0.25, 0.3) is 0 Å². The van der Waals surface area contributed by atoms with Crippen molar-refractivity contribution in [3.63, 3.8) is 0 Å². The molecule has 0 aliphatic carbocycles. The van der Waals surface area contributed by atoms with Crippen LogP contribution in [-0.2, 0) is 9.53 Å². The van der Waals surface area contributed by atoms with Crippen molar-refractivity contribution in [1.82, 2.24) is 5.32 Å². The second kappa shape index (κ2) is 6.07. The predicted octanol–water partition coefficient (Wildman–Crippen LogP) is 3.27. The van der Waals surface area contributed by atoms with Gasteiger partial charge >= 0.3 is 6.09 Å². The second-order valence-electron chi connectivity index (χ2n) is 6.16. The van der Waals surface area contributed by atoms with Gasteiger partial charge in [0.15, 0.2) is 0 Å². The van der Waals surface area contributed by atoms with Crippen molar-refractivity contribution in [3.05, 3.63) is 35.9 Å². The zero-order valence-corrected chi connectivity index (χ0v) is 12.8. The lowest BCUT2D eigenvalue weighted by Gasteiger charge is -2.32. The van der Waals surface area contributed by atoms with Gasteiger partial charge < -0.3 is 14.8 Å². The highest BCUT2D eigenvalue weighted by atomic mass is 16.6. The SMILES string of the molecule is CC(c1ccccc1)C(C)(C=O)NC(=O)OC(C)(C)C. The lowest BCUT2D eigenvalue weighted by Crippen LogP contribution is -2.52. The first-order chi connectivity index (χ1) is 9.18. The van der Waals surface area contributed by atoms with Crippen LogP contribution >= 0.6 is 0 Å². The van der Waals surface area contributed by atoms with Gasteiger partial charge in [-0.05, 0) is 33.3 Å². The standard InChI is InChI=1S/C16H23NO3/c1-12(13-9-7-6-8-10-13)16(5,11-18)17-14(19)20-15(2,3)4/h6-12H,1-5H3,(H,17,19). The molecule has 0 saturated carbocycles. The van der Waals surface area contributed by atoms with Crippen LogP contribution in [0.5, 0.6) is 0 Å². The van der Waals surface area contributed by atoms with Gasteiger partial charge in [-0.3, -0.25) is 0 Å². The maximum Gasteiger partial charge on any atom is 0.408 e. The fourth-order valence-corrected chi connectivity index (χ4v) is 1.85. The van der Waals surface area contributed by atoms with Crippen LogP contribution in [0, 0.1) is 0 Å². The van der Waals surface area contributed by atoms with Crippen molar-refractivity contribution in [1.29, 1.82) is 0 Å². The van der Waals surface area contributed by atoms with Crippen molar-refractivity contribution in [2.24, 2.45) is 0 Å². The number of alkyl carbamates (subject to hydrolysis) is 1. The molecule has 0 bridgehead atoms. The van der Waals surface area contributed by atoms with E-state index in [1.54, 1.807) is 27.7 Å². The van der Waals surface area contributed by atoms with E-state index in [2.05, 4.69) is 5.32 Å². The van der Waals surface area contributed by atoms with E-state index >= 15 is 0 Å². The Morgan fingerprint density at radius 1 is 1.20 bits per heavy atom. The maximum atomic E-state index is 11.9. The molecule has 2 atom stereocenters. The molecule has 0 radical (unpaired) electrons. The molecule has 1 N–H and O–H groups in total. The highest BCUT2D eigenvalue weighted by Crippen LogP contribution is 2.26. The Labute approximate surface area is 120 Å². The van der Waals surface area contributed by atoms with Gasteiger partial charge in [-0.2, -0.15) is 0 Å². The lowest BCUT2D eigenvalue weighted by molar-refractivity contribution is -0.113. The molecule has 4 heteroatoms. The number of ether oxygens (including phenoxy) is 1. The van der Waals surface area contributed by atoms with Crippen LogP contribution in [0.15, 0.2) is 30.3 Å². The number of hydrogen-bond donors (Lipinski definition) is 1. The largest absolute Gasteiger partial charge is 0.444 e. The van der Waals surface area contributed by atoms with E-state index in [-0.39, 0.29) is 5.92 Å². The Bertz CT molecular complexity index is 464. The van der Waals surface area contributed by atoms with Crippen LogP contribution in [0.1, 0.15) is 46.1 Å². The summed E-state index contributed by atoms with van der Waals surface area (Å²) in [6.45, 7) is 8.95. The average molecular weight is 277 g/mol. The summed E-state index contributed by atoms with van der Waals surface area (Å²) < 4.78 is 5.21. The van der Waals surface area contributed by atoms with Gasteiger partial charge in [0.2, 0.25) is 0 Å². The zero-order chi connectivity index (χ0) is 15.4. The topological polar surface area (TPSA) is 55.4 Å². The van der Waals surface area contributed by atoms with Crippen LogP contribution < -0.4 is 5.32 Å². The van der Waals surface area contributed by atoms with Crippen molar-refractivity contribution < 1.29 is 14.3 Å². The number of amides is 1. The Morgan fingerprint density at radius 2 is 1.75 bits per heavy atom. The van der Waals surface area contributed by atoms with E-state index < -0.39 is 17.2 Å². The van der Waals surface area contributed by atoms with E-state index in [0.29, 0.717) is 0 Å². The van der Waals surface area contributed by atoms with Crippen LogP contribution in [-0.4, -0.2) is 23.5 Å². The lowest BCUT2D eigenvalue weighted by atomic mass is 9.83. The summed E-state index contributed by atoms with van der Waals surface area (Å²) >= 11 is 0. The van der Waals surface area contributed by atoms with E-state index in [0.717, 1.165) is 11.8 Å². The van der Waals surface area contributed by atoms with Gasteiger partial charge in [-0.25, -0.2) is 4.79 Å². The summed E-state index contributed by atoms with van der Waals surface area (Å²) in [7, 11) is 0. The third kappa shape index (κ3) is 4.37. The number of carbonyl (C=O) groups excluding carboxylic acids is 2. The Balaban J connectivity index is 2.87. The first-order valence-corrected chi connectivity index (χ1v) is 6.70. The quantitative estimate of drug-likeness (QED) is 0.859. The molecule has 1 rings (SSSR count). The molecule has 0 spiro atoms. The van der Waals surface area contributed by atoms with Crippen LogP contribution in [0.25, 0.3) is 0 Å². The first kappa shape index (κ1) is 16.2. The zero-order valence-electron chi connectivity index (χ0n) is 12.8. The molecule has 0 aliphatic rings. The van der Waals surface area contributed by atoms with Crippen LogP contribution in [0.3, 0.4) is 0 Å². The predicted molar refractivity (Wildman–Crippen MR) is 78.7 cm³/mol. The molecule has 1 aromatic carbocycles. The summed E-state index contributed by atoms with van der Waals surface area (Å²) in [5.74, 6) is -0.159. The number of carbonyl (C=O) groups is 2. The summed E-state index contributed by atoms with van der Waals surface area (Å²) in [5, 5.41) is 2.67. The molecule has 0 aliphatic heterocycles. The number of aldehydes is 1. The minimum atomic E-state index is -1.01. The Morgan fingerprint density at radius 3 is 2.20 bits per heavy atom. The molecule has 0 saturated heterocycles. The Hall–Kier alpha value is -1.84. The highest BCUT2D eigenvalue weighted by Gasteiger charge is 2.35.